The van der Waals surface area contributed by atoms with Crippen LogP contribution in [0.2, 0.25) is 0 Å². The summed E-state index contributed by atoms with van der Waals surface area (Å²) >= 11 is 1.72. The summed E-state index contributed by atoms with van der Waals surface area (Å²) in [7, 11) is 1.72. The second-order valence-electron chi connectivity index (χ2n) is 3.73. The number of benzene rings is 1. The van der Waals surface area contributed by atoms with Crippen LogP contribution in [0.5, 0.6) is 0 Å². The van der Waals surface area contributed by atoms with Gasteiger partial charge in [0.15, 0.2) is 0 Å². The molecule has 0 saturated heterocycles. The van der Waals surface area contributed by atoms with E-state index in [4.69, 9.17) is 4.74 Å². The third kappa shape index (κ3) is 5.21. The molecule has 0 heterocycles. The molecule has 1 aromatic rings. The van der Waals surface area contributed by atoms with Crippen molar-refractivity contribution in [2.75, 3.05) is 13.0 Å². The molecule has 0 bridgehead atoms. The predicted octanol–water partition coefficient (Wildman–Crippen LogP) is 2.88. The quantitative estimate of drug-likeness (QED) is 0.594. The Kier molecular flexibility index (Phi) is 5.76. The molecule has 1 N–H and O–H groups in total. The van der Waals surface area contributed by atoms with Gasteiger partial charge in [-0.3, -0.25) is 0 Å². The third-order valence-corrected chi connectivity index (χ3v) is 2.90. The molecule has 15 heavy (non-hydrogen) atoms. The molecule has 84 valence electrons. The van der Waals surface area contributed by atoms with Gasteiger partial charge < -0.3 is 10.1 Å². The summed E-state index contributed by atoms with van der Waals surface area (Å²) in [4.78, 5) is 1.26. The minimum absolute atomic E-state index is 0.528. The SMILES string of the molecule is COCSc1cccc(CNC(C)C)c1. The van der Waals surface area contributed by atoms with Crippen molar-refractivity contribution >= 4 is 11.8 Å². The van der Waals surface area contributed by atoms with Gasteiger partial charge in [0.1, 0.15) is 0 Å². The molecule has 0 radical (unpaired) electrons. The fraction of sp³-hybridized carbons (Fsp3) is 0.500. The van der Waals surface area contributed by atoms with Gasteiger partial charge in [-0.2, -0.15) is 0 Å². The van der Waals surface area contributed by atoms with Crippen molar-refractivity contribution in [3.8, 4) is 0 Å². The van der Waals surface area contributed by atoms with Crippen LogP contribution in [-0.2, 0) is 11.3 Å². The van der Waals surface area contributed by atoms with Crippen LogP contribution in [0.15, 0.2) is 29.2 Å². The highest BCUT2D eigenvalue weighted by molar-refractivity contribution is 7.99. The van der Waals surface area contributed by atoms with Crippen LogP contribution in [0.25, 0.3) is 0 Å². The molecule has 2 nitrogen and oxygen atoms in total. The molecule has 0 aliphatic carbocycles. The zero-order chi connectivity index (χ0) is 11.1. The summed E-state index contributed by atoms with van der Waals surface area (Å²) in [5.41, 5.74) is 1.32. The largest absolute Gasteiger partial charge is 0.374 e. The van der Waals surface area contributed by atoms with Gasteiger partial charge in [-0.05, 0) is 17.7 Å². The Labute approximate surface area is 96.4 Å². The minimum Gasteiger partial charge on any atom is -0.374 e. The van der Waals surface area contributed by atoms with E-state index in [1.807, 2.05) is 0 Å². The summed E-state index contributed by atoms with van der Waals surface area (Å²) in [6.07, 6.45) is 0. The average Bonchev–Trinajstić information content (AvgIpc) is 2.24. The maximum absolute atomic E-state index is 5.03. The molecular formula is C12H19NOS. The maximum Gasteiger partial charge on any atom is 0.0963 e. The van der Waals surface area contributed by atoms with Gasteiger partial charge in [0.2, 0.25) is 0 Å². The van der Waals surface area contributed by atoms with Gasteiger partial charge >= 0.3 is 0 Å². The van der Waals surface area contributed by atoms with Crippen molar-refractivity contribution in [3.63, 3.8) is 0 Å². The molecule has 0 spiro atoms. The van der Waals surface area contributed by atoms with Gasteiger partial charge in [-0.25, -0.2) is 0 Å². The molecule has 0 atom stereocenters. The van der Waals surface area contributed by atoms with Crippen molar-refractivity contribution in [2.45, 2.75) is 31.3 Å². The first kappa shape index (κ1) is 12.6. The molecule has 0 aliphatic heterocycles. The van der Waals surface area contributed by atoms with Crippen LogP contribution < -0.4 is 5.32 Å². The monoisotopic (exact) mass is 225 g/mol. The predicted molar refractivity (Wildman–Crippen MR) is 66.2 cm³/mol. The van der Waals surface area contributed by atoms with Crippen LogP contribution in [-0.4, -0.2) is 19.1 Å². The minimum atomic E-state index is 0.528. The zero-order valence-electron chi connectivity index (χ0n) is 9.62. The van der Waals surface area contributed by atoms with E-state index in [1.165, 1.54) is 10.5 Å². The smallest absolute Gasteiger partial charge is 0.0963 e. The number of rotatable bonds is 6. The summed E-state index contributed by atoms with van der Waals surface area (Å²) in [5, 5.41) is 3.40. The van der Waals surface area contributed by atoms with E-state index in [1.54, 1.807) is 18.9 Å². The van der Waals surface area contributed by atoms with E-state index in [-0.39, 0.29) is 0 Å². The van der Waals surface area contributed by atoms with E-state index in [0.717, 1.165) is 6.54 Å². The van der Waals surface area contributed by atoms with Gasteiger partial charge in [-0.15, -0.1) is 0 Å². The summed E-state index contributed by atoms with van der Waals surface area (Å²) < 4.78 is 5.03. The van der Waals surface area contributed by atoms with Crippen LogP contribution in [0.3, 0.4) is 0 Å². The molecule has 0 fully saturated rings. The number of hydrogen-bond acceptors (Lipinski definition) is 3. The molecular weight excluding hydrogens is 206 g/mol. The van der Waals surface area contributed by atoms with Crippen LogP contribution in [0.4, 0.5) is 0 Å². The first-order valence-corrected chi connectivity index (χ1v) is 6.15. The molecule has 1 rings (SSSR count). The Hall–Kier alpha value is -0.510. The topological polar surface area (TPSA) is 21.3 Å². The highest BCUT2D eigenvalue weighted by atomic mass is 32.2. The maximum atomic E-state index is 5.03. The van der Waals surface area contributed by atoms with Crippen LogP contribution >= 0.6 is 11.8 Å². The lowest BCUT2D eigenvalue weighted by Crippen LogP contribution is -2.21. The number of ether oxygens (including phenoxy) is 1. The second-order valence-corrected chi connectivity index (χ2v) is 4.73. The molecule has 0 aliphatic rings. The number of methoxy groups -OCH3 is 1. The van der Waals surface area contributed by atoms with E-state index in [9.17, 15) is 0 Å². The Morgan fingerprint density at radius 2 is 2.20 bits per heavy atom. The molecule has 0 aromatic heterocycles. The first-order valence-electron chi connectivity index (χ1n) is 5.16. The van der Waals surface area contributed by atoms with Crippen molar-refractivity contribution in [3.05, 3.63) is 29.8 Å². The van der Waals surface area contributed by atoms with Crippen LogP contribution in [0.1, 0.15) is 19.4 Å². The molecule has 0 amide bonds. The number of hydrogen-bond donors (Lipinski definition) is 1. The molecule has 3 heteroatoms. The Bertz CT molecular complexity index is 289. The van der Waals surface area contributed by atoms with Crippen molar-refractivity contribution in [2.24, 2.45) is 0 Å². The van der Waals surface area contributed by atoms with Gasteiger partial charge in [0, 0.05) is 24.6 Å². The first-order chi connectivity index (χ1) is 7.22. The Morgan fingerprint density at radius 3 is 2.87 bits per heavy atom. The van der Waals surface area contributed by atoms with Crippen LogP contribution in [0, 0.1) is 0 Å². The third-order valence-electron chi connectivity index (χ3n) is 1.96. The fourth-order valence-electron chi connectivity index (χ4n) is 1.19. The summed E-state index contributed by atoms with van der Waals surface area (Å²) in [5.74, 6) is 0.709. The van der Waals surface area contributed by atoms with E-state index in [2.05, 4.69) is 43.4 Å². The lowest BCUT2D eigenvalue weighted by atomic mass is 10.2. The average molecular weight is 225 g/mol. The Morgan fingerprint density at radius 1 is 1.40 bits per heavy atom. The van der Waals surface area contributed by atoms with Gasteiger partial charge in [-0.1, -0.05) is 37.7 Å². The second kappa shape index (κ2) is 6.88. The van der Waals surface area contributed by atoms with Crippen molar-refractivity contribution < 1.29 is 4.74 Å². The van der Waals surface area contributed by atoms with E-state index >= 15 is 0 Å². The summed E-state index contributed by atoms with van der Waals surface area (Å²) in [6, 6.07) is 9.09. The van der Waals surface area contributed by atoms with Gasteiger partial charge in [0.05, 0.1) is 5.94 Å². The fourth-order valence-corrected chi connectivity index (χ4v) is 1.86. The Balaban J connectivity index is 2.50. The summed E-state index contributed by atoms with van der Waals surface area (Å²) in [6.45, 7) is 5.24. The number of thioether (sulfide) groups is 1. The standard InChI is InChI=1S/C12H19NOS/c1-10(2)13-8-11-5-4-6-12(7-11)15-9-14-3/h4-7,10,13H,8-9H2,1-3H3. The molecule has 0 saturated carbocycles. The van der Waals surface area contributed by atoms with Crippen molar-refractivity contribution in [1.29, 1.82) is 0 Å². The van der Waals surface area contributed by atoms with Crippen molar-refractivity contribution in [1.82, 2.24) is 5.32 Å². The van der Waals surface area contributed by atoms with Gasteiger partial charge in [0.25, 0.3) is 0 Å². The molecule has 1 aromatic carbocycles. The normalized spacial score (nSPS) is 10.9. The molecule has 0 unspecified atom stereocenters. The highest BCUT2D eigenvalue weighted by Gasteiger charge is 1.97. The van der Waals surface area contributed by atoms with E-state index in [0.29, 0.717) is 12.0 Å². The number of nitrogens with one attached hydrogen (secondary N) is 1. The zero-order valence-corrected chi connectivity index (χ0v) is 10.4. The lowest BCUT2D eigenvalue weighted by Gasteiger charge is -2.09. The highest BCUT2D eigenvalue weighted by Crippen LogP contribution is 2.18. The lowest BCUT2D eigenvalue weighted by molar-refractivity contribution is 0.259. The van der Waals surface area contributed by atoms with E-state index < -0.39 is 0 Å².